The molecule has 0 aromatic heterocycles. The Morgan fingerprint density at radius 1 is 1.15 bits per heavy atom. The second-order valence-corrected chi connectivity index (χ2v) is 7.61. The molecule has 0 spiro atoms. The topological polar surface area (TPSA) is 102 Å². The molecular formula is C18H24N3O5S-. The van der Waals surface area contributed by atoms with Gasteiger partial charge in [-0.2, -0.15) is 0 Å². The molecule has 148 valence electrons. The van der Waals surface area contributed by atoms with Crippen LogP contribution in [-0.4, -0.2) is 62.8 Å². The summed E-state index contributed by atoms with van der Waals surface area (Å²) in [6.07, 6.45) is 3.85. The smallest absolute Gasteiger partial charge is 0.410 e. The number of hydrogen-bond acceptors (Lipinski definition) is 5. The van der Waals surface area contributed by atoms with Crippen molar-refractivity contribution in [2.75, 3.05) is 30.9 Å². The first-order chi connectivity index (χ1) is 12.9. The Bertz CT molecular complexity index is 728. The van der Waals surface area contributed by atoms with E-state index in [0.717, 1.165) is 25.7 Å². The summed E-state index contributed by atoms with van der Waals surface area (Å²) < 4.78 is 29.3. The number of hydrogen-bond donors (Lipinski definition) is 1. The number of nitrogens with zero attached hydrogens (tertiary/aromatic N) is 2. The molecule has 1 aromatic carbocycles. The van der Waals surface area contributed by atoms with Crippen molar-refractivity contribution < 1.29 is 23.1 Å². The fourth-order valence-electron chi connectivity index (χ4n) is 3.50. The minimum atomic E-state index is -2.40. The van der Waals surface area contributed by atoms with Gasteiger partial charge >= 0.3 is 6.09 Å². The van der Waals surface area contributed by atoms with Crippen molar-refractivity contribution in [3.8, 4) is 0 Å². The van der Waals surface area contributed by atoms with Crippen LogP contribution in [0, 0.1) is 6.92 Å². The van der Waals surface area contributed by atoms with Crippen LogP contribution in [0.5, 0.6) is 0 Å². The summed E-state index contributed by atoms with van der Waals surface area (Å²) in [5.41, 5.74) is 1.61. The third-order valence-corrected chi connectivity index (χ3v) is 5.45. The van der Waals surface area contributed by atoms with E-state index in [1.165, 1.54) is 0 Å². The first kappa shape index (κ1) is 19.6. The van der Waals surface area contributed by atoms with E-state index in [-0.39, 0.29) is 18.1 Å². The van der Waals surface area contributed by atoms with Gasteiger partial charge in [0.1, 0.15) is 6.10 Å². The largest absolute Gasteiger partial charge is 0.755 e. The van der Waals surface area contributed by atoms with Crippen LogP contribution in [0.4, 0.5) is 10.5 Å². The number of amides is 2. The van der Waals surface area contributed by atoms with Gasteiger partial charge in [0.05, 0.1) is 0 Å². The Labute approximate surface area is 161 Å². The summed E-state index contributed by atoms with van der Waals surface area (Å²) in [6.45, 7) is 3.53. The quantitative estimate of drug-likeness (QED) is 0.788. The molecule has 1 aliphatic carbocycles. The van der Waals surface area contributed by atoms with Gasteiger partial charge in [-0.3, -0.25) is 9.00 Å². The normalized spacial score (nSPS) is 19.0. The Morgan fingerprint density at radius 2 is 1.78 bits per heavy atom. The number of nitrogens with one attached hydrogen (secondary N) is 1. The lowest BCUT2D eigenvalue weighted by Crippen LogP contribution is -2.51. The van der Waals surface area contributed by atoms with E-state index in [1.54, 1.807) is 34.9 Å². The van der Waals surface area contributed by atoms with Crippen molar-refractivity contribution in [1.82, 2.24) is 9.80 Å². The number of anilines is 1. The average Bonchev–Trinajstić information content (AvgIpc) is 3.15. The Morgan fingerprint density at radius 3 is 2.37 bits per heavy atom. The molecule has 1 saturated carbocycles. The Hall–Kier alpha value is -2.13. The highest BCUT2D eigenvalue weighted by atomic mass is 32.2. The standard InChI is InChI=1S/C18H25N3O5S/c1-13-12-14(6-7-16(13)19-27(24)25)17(22)20-8-10-21(11-9-20)18(23)26-15-4-2-3-5-15/h6-7,12,15,19H,2-5,8-11H2,1H3,(H,24,25)/p-1. The summed E-state index contributed by atoms with van der Waals surface area (Å²) >= 11 is -2.40. The number of carbonyl (C=O) groups excluding carboxylic acids is 2. The van der Waals surface area contributed by atoms with Crippen LogP contribution in [0.15, 0.2) is 18.2 Å². The number of aryl methyl sites for hydroxylation is 1. The van der Waals surface area contributed by atoms with Gasteiger partial charge in [0.2, 0.25) is 0 Å². The molecule has 8 nitrogen and oxygen atoms in total. The van der Waals surface area contributed by atoms with Crippen LogP contribution >= 0.6 is 0 Å². The van der Waals surface area contributed by atoms with E-state index in [0.29, 0.717) is 43.0 Å². The second kappa shape index (κ2) is 8.71. The predicted molar refractivity (Wildman–Crippen MR) is 99.9 cm³/mol. The fraction of sp³-hybridized carbons (Fsp3) is 0.556. The van der Waals surface area contributed by atoms with Gasteiger partial charge in [-0.1, -0.05) is 0 Å². The van der Waals surface area contributed by atoms with Gasteiger partial charge in [0, 0.05) is 48.7 Å². The lowest BCUT2D eigenvalue weighted by molar-refractivity contribution is 0.0422. The SMILES string of the molecule is Cc1cc(C(=O)N2CCN(C(=O)OC3CCCC3)CC2)ccc1NS(=O)[O-]. The monoisotopic (exact) mass is 394 g/mol. The molecule has 1 N–H and O–H groups in total. The van der Waals surface area contributed by atoms with Crippen molar-refractivity contribution in [3.63, 3.8) is 0 Å². The summed E-state index contributed by atoms with van der Waals surface area (Å²) in [5, 5.41) is 0. The maximum Gasteiger partial charge on any atom is 0.410 e. The molecule has 2 aliphatic rings. The van der Waals surface area contributed by atoms with Crippen LogP contribution in [0.1, 0.15) is 41.6 Å². The summed E-state index contributed by atoms with van der Waals surface area (Å²) in [5.74, 6) is -0.128. The first-order valence-electron chi connectivity index (χ1n) is 9.15. The zero-order valence-corrected chi connectivity index (χ0v) is 16.1. The summed E-state index contributed by atoms with van der Waals surface area (Å²) in [4.78, 5) is 28.3. The van der Waals surface area contributed by atoms with E-state index in [9.17, 15) is 18.4 Å². The van der Waals surface area contributed by atoms with Gasteiger partial charge in [-0.25, -0.2) is 4.79 Å². The van der Waals surface area contributed by atoms with Gasteiger partial charge in [-0.15, -0.1) is 0 Å². The average molecular weight is 394 g/mol. The zero-order chi connectivity index (χ0) is 19.4. The number of carbonyl (C=O) groups is 2. The fourth-order valence-corrected chi connectivity index (χ4v) is 3.91. The number of benzene rings is 1. The maximum atomic E-state index is 12.7. The Kier molecular flexibility index (Phi) is 6.33. The van der Waals surface area contributed by atoms with Crippen molar-refractivity contribution >= 4 is 29.0 Å². The van der Waals surface area contributed by atoms with Crippen LogP contribution in [0.2, 0.25) is 0 Å². The molecule has 1 heterocycles. The molecule has 1 saturated heterocycles. The van der Waals surface area contributed by atoms with Crippen LogP contribution < -0.4 is 4.72 Å². The van der Waals surface area contributed by atoms with E-state index in [4.69, 9.17) is 4.74 Å². The highest BCUT2D eigenvalue weighted by Gasteiger charge is 2.28. The third-order valence-electron chi connectivity index (χ3n) is 5.06. The van der Waals surface area contributed by atoms with Crippen molar-refractivity contribution in [2.24, 2.45) is 0 Å². The molecular weight excluding hydrogens is 370 g/mol. The van der Waals surface area contributed by atoms with E-state index >= 15 is 0 Å². The van der Waals surface area contributed by atoms with Crippen LogP contribution in [-0.2, 0) is 16.0 Å². The van der Waals surface area contributed by atoms with Gasteiger partial charge in [0.25, 0.3) is 5.91 Å². The minimum absolute atomic E-state index is 0.0377. The third kappa shape index (κ3) is 4.98. The van der Waals surface area contributed by atoms with Crippen molar-refractivity contribution in [3.05, 3.63) is 29.3 Å². The van der Waals surface area contributed by atoms with E-state index in [1.807, 2.05) is 0 Å². The number of ether oxygens (including phenoxy) is 1. The molecule has 1 aliphatic heterocycles. The minimum Gasteiger partial charge on any atom is -0.755 e. The first-order valence-corrected chi connectivity index (χ1v) is 10.2. The maximum absolute atomic E-state index is 12.7. The van der Waals surface area contributed by atoms with Crippen molar-refractivity contribution in [1.29, 1.82) is 0 Å². The molecule has 1 atom stereocenters. The molecule has 1 aromatic rings. The molecule has 0 radical (unpaired) electrons. The van der Waals surface area contributed by atoms with Gasteiger partial charge in [-0.05, 0) is 56.4 Å². The molecule has 2 amide bonds. The lowest BCUT2D eigenvalue weighted by atomic mass is 10.1. The highest BCUT2D eigenvalue weighted by molar-refractivity contribution is 7.80. The van der Waals surface area contributed by atoms with Crippen LogP contribution in [0.3, 0.4) is 0 Å². The lowest BCUT2D eigenvalue weighted by Gasteiger charge is -2.34. The molecule has 2 fully saturated rings. The molecule has 3 rings (SSSR count). The van der Waals surface area contributed by atoms with E-state index in [2.05, 4.69) is 4.72 Å². The van der Waals surface area contributed by atoms with Gasteiger partial charge < -0.3 is 23.8 Å². The molecule has 1 unspecified atom stereocenters. The van der Waals surface area contributed by atoms with E-state index < -0.39 is 11.3 Å². The number of rotatable bonds is 4. The molecule has 9 heteroatoms. The summed E-state index contributed by atoms with van der Waals surface area (Å²) in [6, 6.07) is 4.84. The molecule has 0 bridgehead atoms. The van der Waals surface area contributed by atoms with Crippen molar-refractivity contribution in [2.45, 2.75) is 38.7 Å². The van der Waals surface area contributed by atoms with Gasteiger partial charge in [0.15, 0.2) is 0 Å². The Balaban J connectivity index is 1.54. The molecule has 27 heavy (non-hydrogen) atoms. The second-order valence-electron chi connectivity index (χ2n) is 6.94. The summed E-state index contributed by atoms with van der Waals surface area (Å²) in [7, 11) is 0. The highest BCUT2D eigenvalue weighted by Crippen LogP contribution is 2.22. The predicted octanol–water partition coefficient (Wildman–Crippen LogP) is 2.04. The van der Waals surface area contributed by atoms with Crippen LogP contribution in [0.25, 0.3) is 0 Å². The number of piperazine rings is 1. The zero-order valence-electron chi connectivity index (χ0n) is 15.3.